The topological polar surface area (TPSA) is 85.8 Å². The van der Waals surface area contributed by atoms with E-state index in [2.05, 4.69) is 11.6 Å². The third-order valence-electron chi connectivity index (χ3n) is 4.66. The Morgan fingerprint density at radius 1 is 1.23 bits per heavy atom. The molecule has 1 atom stereocenters. The molecule has 2 aromatic carbocycles. The van der Waals surface area contributed by atoms with E-state index >= 15 is 0 Å². The molecule has 1 aliphatic rings. The lowest BCUT2D eigenvalue weighted by atomic mass is 10.2. The van der Waals surface area contributed by atoms with E-state index in [1.807, 2.05) is 17.5 Å². The minimum absolute atomic E-state index is 0.106. The number of aromatic nitrogens is 1. The van der Waals surface area contributed by atoms with Crippen molar-refractivity contribution in [3.63, 3.8) is 0 Å². The van der Waals surface area contributed by atoms with Crippen LogP contribution in [0.25, 0.3) is 11.3 Å². The standard InChI is InChI=1S/C22H20N2O5S2/c1-3-12-24(21(25)20-13-28-18-6-4-5-7-19(18)29-20)22-23-17(14-30-22)15-8-10-16(11-9-15)31(2,26)27/h3-11,14,20H,1,12-13H2,2H3/t20-/m0/s1. The summed E-state index contributed by atoms with van der Waals surface area (Å²) in [6, 6.07) is 13.7. The Morgan fingerprint density at radius 2 is 1.94 bits per heavy atom. The molecule has 9 heteroatoms. The molecule has 0 unspecified atom stereocenters. The van der Waals surface area contributed by atoms with E-state index in [9.17, 15) is 13.2 Å². The van der Waals surface area contributed by atoms with E-state index in [0.29, 0.717) is 22.3 Å². The van der Waals surface area contributed by atoms with Crippen molar-refractivity contribution < 1.29 is 22.7 Å². The monoisotopic (exact) mass is 456 g/mol. The van der Waals surface area contributed by atoms with Crippen molar-refractivity contribution in [2.45, 2.75) is 11.0 Å². The number of anilines is 1. The van der Waals surface area contributed by atoms with E-state index in [4.69, 9.17) is 9.47 Å². The van der Waals surface area contributed by atoms with Crippen LogP contribution in [0.2, 0.25) is 0 Å². The molecule has 0 radical (unpaired) electrons. The molecule has 0 saturated heterocycles. The summed E-state index contributed by atoms with van der Waals surface area (Å²) in [6.07, 6.45) is 1.99. The summed E-state index contributed by atoms with van der Waals surface area (Å²) in [5.74, 6) is 0.857. The molecule has 3 aromatic rings. The largest absolute Gasteiger partial charge is 0.485 e. The van der Waals surface area contributed by atoms with Gasteiger partial charge in [0.1, 0.15) is 6.61 Å². The highest BCUT2D eigenvalue weighted by Gasteiger charge is 2.32. The summed E-state index contributed by atoms with van der Waals surface area (Å²) in [4.78, 5) is 19.5. The van der Waals surface area contributed by atoms with Crippen molar-refractivity contribution in [3.05, 3.63) is 66.6 Å². The Bertz CT molecular complexity index is 1220. The number of carbonyl (C=O) groups is 1. The fourth-order valence-electron chi connectivity index (χ4n) is 3.10. The normalized spacial score (nSPS) is 15.3. The summed E-state index contributed by atoms with van der Waals surface area (Å²) in [6.45, 7) is 4.11. The van der Waals surface area contributed by atoms with E-state index in [0.717, 1.165) is 11.8 Å². The number of hydrogen-bond acceptors (Lipinski definition) is 7. The van der Waals surface area contributed by atoms with Crippen LogP contribution < -0.4 is 14.4 Å². The van der Waals surface area contributed by atoms with E-state index in [1.165, 1.54) is 16.2 Å². The molecule has 0 saturated carbocycles. The molecule has 31 heavy (non-hydrogen) atoms. The highest BCUT2D eigenvalue weighted by molar-refractivity contribution is 7.90. The van der Waals surface area contributed by atoms with Gasteiger partial charge in [0.15, 0.2) is 26.5 Å². The SMILES string of the molecule is C=CCN(C(=O)[C@@H]1COc2ccccc2O1)c1nc(-c2ccc(S(C)(=O)=O)cc2)cs1. The number of fused-ring (bicyclic) bond motifs is 1. The lowest BCUT2D eigenvalue weighted by Gasteiger charge is -2.29. The van der Waals surface area contributed by atoms with Gasteiger partial charge in [0.2, 0.25) is 6.10 Å². The summed E-state index contributed by atoms with van der Waals surface area (Å²) in [5.41, 5.74) is 1.40. The average Bonchev–Trinajstić information content (AvgIpc) is 3.26. The molecule has 160 valence electrons. The number of amides is 1. The molecule has 1 amide bonds. The van der Waals surface area contributed by atoms with Gasteiger partial charge in [0, 0.05) is 23.7 Å². The van der Waals surface area contributed by atoms with Gasteiger partial charge in [-0.15, -0.1) is 17.9 Å². The molecule has 0 aliphatic carbocycles. The van der Waals surface area contributed by atoms with Gasteiger partial charge in [-0.25, -0.2) is 13.4 Å². The predicted molar refractivity (Wildman–Crippen MR) is 120 cm³/mol. The van der Waals surface area contributed by atoms with Gasteiger partial charge in [0.05, 0.1) is 10.6 Å². The van der Waals surface area contributed by atoms with Crippen LogP contribution in [0.1, 0.15) is 0 Å². The van der Waals surface area contributed by atoms with Crippen molar-refractivity contribution in [2.75, 3.05) is 24.3 Å². The molecular weight excluding hydrogens is 436 g/mol. The number of ether oxygens (including phenoxy) is 2. The highest BCUT2D eigenvalue weighted by Crippen LogP contribution is 2.33. The van der Waals surface area contributed by atoms with Crippen molar-refractivity contribution in [1.29, 1.82) is 0 Å². The maximum atomic E-state index is 13.2. The van der Waals surface area contributed by atoms with Crippen molar-refractivity contribution in [1.82, 2.24) is 4.98 Å². The van der Waals surface area contributed by atoms with E-state index in [1.54, 1.807) is 42.5 Å². The molecular formula is C22H20N2O5S2. The van der Waals surface area contributed by atoms with Crippen LogP contribution in [0, 0.1) is 0 Å². The van der Waals surface area contributed by atoms with Gasteiger partial charge in [-0.2, -0.15) is 0 Å². The molecule has 0 bridgehead atoms. The number of para-hydroxylation sites is 2. The Morgan fingerprint density at radius 3 is 2.61 bits per heavy atom. The number of carbonyl (C=O) groups excluding carboxylic acids is 1. The highest BCUT2D eigenvalue weighted by atomic mass is 32.2. The zero-order valence-corrected chi connectivity index (χ0v) is 18.4. The van der Waals surface area contributed by atoms with Crippen LogP contribution >= 0.6 is 11.3 Å². The number of rotatable bonds is 6. The van der Waals surface area contributed by atoms with Gasteiger partial charge in [-0.1, -0.05) is 30.3 Å². The van der Waals surface area contributed by atoms with Crippen LogP contribution in [0.15, 0.2) is 71.5 Å². The lowest BCUT2D eigenvalue weighted by molar-refractivity contribution is -0.127. The van der Waals surface area contributed by atoms with Gasteiger partial charge < -0.3 is 9.47 Å². The van der Waals surface area contributed by atoms with Crippen LogP contribution in [-0.4, -0.2) is 44.8 Å². The van der Waals surface area contributed by atoms with E-state index in [-0.39, 0.29) is 24.0 Å². The molecule has 0 fully saturated rings. The molecule has 4 rings (SSSR count). The first-order chi connectivity index (χ1) is 14.9. The summed E-state index contributed by atoms with van der Waals surface area (Å²) < 4.78 is 34.8. The third-order valence-corrected chi connectivity index (χ3v) is 6.66. The zero-order valence-electron chi connectivity index (χ0n) is 16.7. The number of hydrogen-bond donors (Lipinski definition) is 0. The maximum Gasteiger partial charge on any atom is 0.273 e. The average molecular weight is 457 g/mol. The number of thiazole rings is 1. The second kappa shape index (κ2) is 8.52. The summed E-state index contributed by atoms with van der Waals surface area (Å²) in [5, 5.41) is 2.32. The maximum absolute atomic E-state index is 13.2. The van der Waals surface area contributed by atoms with Crippen molar-refractivity contribution in [3.8, 4) is 22.8 Å². The quantitative estimate of drug-likeness (QED) is 0.527. The lowest BCUT2D eigenvalue weighted by Crippen LogP contribution is -2.46. The molecule has 2 heterocycles. The van der Waals surface area contributed by atoms with Crippen molar-refractivity contribution >= 4 is 32.2 Å². The summed E-state index contributed by atoms with van der Waals surface area (Å²) in [7, 11) is -3.27. The third kappa shape index (κ3) is 4.47. The fraction of sp³-hybridized carbons (Fsp3) is 0.182. The van der Waals surface area contributed by atoms with Crippen molar-refractivity contribution in [2.24, 2.45) is 0 Å². The smallest absolute Gasteiger partial charge is 0.273 e. The van der Waals surface area contributed by atoms with Gasteiger partial charge in [-0.3, -0.25) is 9.69 Å². The second-order valence-electron chi connectivity index (χ2n) is 6.91. The van der Waals surface area contributed by atoms with Crippen LogP contribution in [-0.2, 0) is 14.6 Å². The molecule has 0 spiro atoms. The Hall–Kier alpha value is -3.17. The van der Waals surface area contributed by atoms with Gasteiger partial charge >= 0.3 is 0 Å². The first-order valence-electron chi connectivity index (χ1n) is 9.43. The molecule has 7 nitrogen and oxygen atoms in total. The Labute approximate surface area is 184 Å². The zero-order chi connectivity index (χ0) is 22.0. The Kier molecular flexibility index (Phi) is 5.79. The minimum atomic E-state index is -3.27. The van der Waals surface area contributed by atoms with Crippen LogP contribution in [0.4, 0.5) is 5.13 Å². The minimum Gasteiger partial charge on any atom is -0.485 e. The molecule has 1 aromatic heterocycles. The number of nitrogens with zero attached hydrogens (tertiary/aromatic N) is 2. The Balaban J connectivity index is 1.56. The van der Waals surface area contributed by atoms with Gasteiger partial charge in [0.25, 0.3) is 5.91 Å². The molecule has 1 aliphatic heterocycles. The number of sulfone groups is 1. The van der Waals surface area contributed by atoms with E-state index < -0.39 is 15.9 Å². The first-order valence-corrected chi connectivity index (χ1v) is 12.2. The molecule has 0 N–H and O–H groups in total. The number of benzene rings is 2. The predicted octanol–water partition coefficient (Wildman–Crippen LogP) is 3.57. The van der Waals surface area contributed by atoms with Crippen LogP contribution in [0.5, 0.6) is 11.5 Å². The van der Waals surface area contributed by atoms with Gasteiger partial charge in [-0.05, 0) is 24.3 Å². The first kappa shape index (κ1) is 21.1. The fourth-order valence-corrected chi connectivity index (χ4v) is 4.58. The summed E-state index contributed by atoms with van der Waals surface area (Å²) >= 11 is 1.31. The van der Waals surface area contributed by atoms with Crippen LogP contribution in [0.3, 0.4) is 0 Å². The second-order valence-corrected chi connectivity index (χ2v) is 9.77.